The first kappa shape index (κ1) is 12.9. The molecule has 0 aliphatic heterocycles. The first-order valence-electron chi connectivity index (χ1n) is 5.13. The molecule has 0 saturated heterocycles. The molecule has 0 atom stereocenters. The van der Waals surface area contributed by atoms with Gasteiger partial charge < -0.3 is 10.0 Å². The Kier molecular flexibility index (Phi) is 3.86. The molecule has 0 aliphatic carbocycles. The van der Waals surface area contributed by atoms with Crippen LogP contribution in [-0.2, 0) is 0 Å². The molecule has 0 unspecified atom stereocenters. The topological polar surface area (TPSA) is 23.5 Å². The van der Waals surface area contributed by atoms with Crippen LogP contribution in [0, 0.1) is 17.0 Å². The lowest BCUT2D eigenvalue weighted by Gasteiger charge is -2.30. The molecule has 0 amide bonds. The summed E-state index contributed by atoms with van der Waals surface area (Å²) in [5.41, 5.74) is 0.0122. The number of hydrogen-bond donors (Lipinski definition) is 1. The Morgan fingerprint density at radius 2 is 1.94 bits per heavy atom. The SMILES string of the molecule is CN(CC(C)(C)CO)c1ccc(F)cc1F. The van der Waals surface area contributed by atoms with Gasteiger partial charge in [0, 0.05) is 31.7 Å². The summed E-state index contributed by atoms with van der Waals surface area (Å²) in [4.78, 5) is 1.67. The van der Waals surface area contributed by atoms with Gasteiger partial charge in [0.1, 0.15) is 11.6 Å². The van der Waals surface area contributed by atoms with Crippen molar-refractivity contribution in [2.75, 3.05) is 25.1 Å². The summed E-state index contributed by atoms with van der Waals surface area (Å²) in [6, 6.07) is 3.48. The molecule has 2 nitrogen and oxygen atoms in total. The van der Waals surface area contributed by atoms with Crippen molar-refractivity contribution in [1.82, 2.24) is 0 Å². The predicted octanol–water partition coefficient (Wildman–Crippen LogP) is 2.42. The molecule has 0 aromatic heterocycles. The number of benzene rings is 1. The standard InChI is InChI=1S/C12H17F2NO/c1-12(2,8-16)7-15(3)11-5-4-9(13)6-10(11)14/h4-6,16H,7-8H2,1-3H3. The minimum absolute atomic E-state index is 0.0140. The smallest absolute Gasteiger partial charge is 0.149 e. The number of rotatable bonds is 4. The van der Waals surface area contributed by atoms with Gasteiger partial charge in [-0.2, -0.15) is 0 Å². The number of halogens is 2. The first-order chi connectivity index (χ1) is 7.35. The maximum atomic E-state index is 13.4. The van der Waals surface area contributed by atoms with Gasteiger partial charge in [0.2, 0.25) is 0 Å². The lowest BCUT2D eigenvalue weighted by molar-refractivity contribution is 0.165. The highest BCUT2D eigenvalue weighted by atomic mass is 19.1. The number of hydrogen-bond acceptors (Lipinski definition) is 2. The van der Waals surface area contributed by atoms with Crippen LogP contribution in [0.15, 0.2) is 18.2 Å². The molecule has 0 aliphatic rings. The van der Waals surface area contributed by atoms with Crippen LogP contribution in [-0.4, -0.2) is 25.3 Å². The molecule has 1 N–H and O–H groups in total. The van der Waals surface area contributed by atoms with Crippen molar-refractivity contribution in [2.45, 2.75) is 13.8 Å². The van der Waals surface area contributed by atoms with Gasteiger partial charge in [-0.25, -0.2) is 8.78 Å². The van der Waals surface area contributed by atoms with E-state index in [1.54, 1.807) is 11.9 Å². The summed E-state index contributed by atoms with van der Waals surface area (Å²) in [6.45, 7) is 4.27. The Hall–Kier alpha value is -1.16. The zero-order valence-corrected chi connectivity index (χ0v) is 9.80. The third-order valence-corrected chi connectivity index (χ3v) is 2.41. The van der Waals surface area contributed by atoms with E-state index in [2.05, 4.69) is 0 Å². The molecule has 0 radical (unpaired) electrons. The molecular formula is C12H17F2NO. The third-order valence-electron chi connectivity index (χ3n) is 2.41. The van der Waals surface area contributed by atoms with E-state index < -0.39 is 11.6 Å². The molecule has 4 heteroatoms. The summed E-state index contributed by atoms with van der Waals surface area (Å²) in [7, 11) is 1.72. The number of anilines is 1. The van der Waals surface area contributed by atoms with Crippen molar-refractivity contribution in [3.05, 3.63) is 29.8 Å². The average molecular weight is 229 g/mol. The highest BCUT2D eigenvalue weighted by Crippen LogP contribution is 2.23. The maximum Gasteiger partial charge on any atom is 0.149 e. The summed E-state index contributed by atoms with van der Waals surface area (Å²) in [5.74, 6) is -1.17. The monoisotopic (exact) mass is 229 g/mol. The van der Waals surface area contributed by atoms with E-state index in [-0.39, 0.29) is 12.0 Å². The third kappa shape index (κ3) is 3.17. The van der Waals surface area contributed by atoms with E-state index in [1.165, 1.54) is 12.1 Å². The zero-order chi connectivity index (χ0) is 12.3. The van der Waals surface area contributed by atoms with E-state index in [4.69, 9.17) is 5.11 Å². The van der Waals surface area contributed by atoms with Crippen LogP contribution in [0.3, 0.4) is 0 Å². The molecule has 90 valence electrons. The Morgan fingerprint density at radius 1 is 1.31 bits per heavy atom. The molecule has 0 heterocycles. The largest absolute Gasteiger partial charge is 0.396 e. The second kappa shape index (κ2) is 4.78. The summed E-state index contributed by atoms with van der Waals surface area (Å²) >= 11 is 0. The maximum absolute atomic E-state index is 13.4. The van der Waals surface area contributed by atoms with Crippen LogP contribution < -0.4 is 4.90 Å². The van der Waals surface area contributed by atoms with Crippen molar-refractivity contribution < 1.29 is 13.9 Å². The van der Waals surface area contributed by atoms with Gasteiger partial charge in [-0.3, -0.25) is 0 Å². The van der Waals surface area contributed by atoms with Gasteiger partial charge >= 0.3 is 0 Å². The minimum atomic E-state index is -0.587. The molecule has 0 saturated carbocycles. The van der Waals surface area contributed by atoms with Crippen LogP contribution in [0.2, 0.25) is 0 Å². The highest BCUT2D eigenvalue weighted by molar-refractivity contribution is 5.47. The van der Waals surface area contributed by atoms with Crippen molar-refractivity contribution in [3.8, 4) is 0 Å². The van der Waals surface area contributed by atoms with Gasteiger partial charge in [-0.05, 0) is 12.1 Å². The van der Waals surface area contributed by atoms with Crippen molar-refractivity contribution >= 4 is 5.69 Å². The van der Waals surface area contributed by atoms with Crippen LogP contribution >= 0.6 is 0 Å². The molecule has 0 spiro atoms. The Labute approximate surface area is 94.5 Å². The fraction of sp³-hybridized carbons (Fsp3) is 0.500. The lowest BCUT2D eigenvalue weighted by Crippen LogP contribution is -2.34. The molecule has 16 heavy (non-hydrogen) atoms. The Morgan fingerprint density at radius 3 is 2.44 bits per heavy atom. The van der Waals surface area contributed by atoms with E-state index in [0.717, 1.165) is 6.07 Å². The van der Waals surface area contributed by atoms with Gasteiger partial charge in [0.15, 0.2) is 0 Å². The van der Waals surface area contributed by atoms with Crippen molar-refractivity contribution in [1.29, 1.82) is 0 Å². The van der Waals surface area contributed by atoms with E-state index >= 15 is 0 Å². The summed E-state index contributed by atoms with van der Waals surface area (Å²) in [5, 5.41) is 9.12. The van der Waals surface area contributed by atoms with Gasteiger partial charge in [0.05, 0.1) is 5.69 Å². The molecule has 1 aromatic carbocycles. The van der Waals surface area contributed by atoms with Gasteiger partial charge in [-0.15, -0.1) is 0 Å². The van der Waals surface area contributed by atoms with Crippen molar-refractivity contribution in [3.63, 3.8) is 0 Å². The number of nitrogens with zero attached hydrogens (tertiary/aromatic N) is 1. The summed E-state index contributed by atoms with van der Waals surface area (Å²) in [6.07, 6.45) is 0. The average Bonchev–Trinajstić information content (AvgIpc) is 2.16. The van der Waals surface area contributed by atoms with Crippen LogP contribution in [0.25, 0.3) is 0 Å². The Balaban J connectivity index is 2.84. The van der Waals surface area contributed by atoms with Crippen LogP contribution in [0.4, 0.5) is 14.5 Å². The number of aliphatic hydroxyl groups is 1. The molecular weight excluding hydrogens is 212 g/mol. The van der Waals surface area contributed by atoms with Crippen molar-refractivity contribution in [2.24, 2.45) is 5.41 Å². The zero-order valence-electron chi connectivity index (χ0n) is 9.80. The Bertz CT molecular complexity index is 366. The summed E-state index contributed by atoms with van der Waals surface area (Å²) < 4.78 is 26.2. The van der Waals surface area contributed by atoms with E-state index in [0.29, 0.717) is 12.2 Å². The molecule has 0 fully saturated rings. The fourth-order valence-corrected chi connectivity index (χ4v) is 1.57. The quantitative estimate of drug-likeness (QED) is 0.857. The minimum Gasteiger partial charge on any atom is -0.396 e. The molecule has 1 rings (SSSR count). The van der Waals surface area contributed by atoms with Crippen LogP contribution in [0.1, 0.15) is 13.8 Å². The van der Waals surface area contributed by atoms with E-state index in [9.17, 15) is 8.78 Å². The number of aliphatic hydroxyl groups excluding tert-OH is 1. The second-order valence-corrected chi connectivity index (χ2v) is 4.77. The lowest BCUT2D eigenvalue weighted by atomic mass is 9.94. The van der Waals surface area contributed by atoms with Gasteiger partial charge in [0.25, 0.3) is 0 Å². The second-order valence-electron chi connectivity index (χ2n) is 4.77. The van der Waals surface area contributed by atoms with Crippen LogP contribution in [0.5, 0.6) is 0 Å². The predicted molar refractivity (Wildman–Crippen MR) is 60.5 cm³/mol. The fourth-order valence-electron chi connectivity index (χ4n) is 1.57. The molecule has 0 bridgehead atoms. The first-order valence-corrected chi connectivity index (χ1v) is 5.13. The molecule has 1 aromatic rings. The van der Waals surface area contributed by atoms with E-state index in [1.807, 2.05) is 13.8 Å². The van der Waals surface area contributed by atoms with Gasteiger partial charge in [-0.1, -0.05) is 13.8 Å². The normalized spacial score (nSPS) is 11.6. The highest BCUT2D eigenvalue weighted by Gasteiger charge is 2.20.